The van der Waals surface area contributed by atoms with E-state index in [0.717, 1.165) is 23.0 Å². The maximum absolute atomic E-state index is 6.29. The minimum Gasteiger partial charge on any atom is -0.486 e. The molecule has 0 amide bonds. The van der Waals surface area contributed by atoms with Crippen LogP contribution in [-0.4, -0.2) is 9.97 Å². The van der Waals surface area contributed by atoms with Crippen LogP contribution in [0.4, 0.5) is 0 Å². The summed E-state index contributed by atoms with van der Waals surface area (Å²) < 4.78 is 5.81. The molecule has 21 heavy (non-hydrogen) atoms. The van der Waals surface area contributed by atoms with E-state index >= 15 is 0 Å². The molecule has 0 bridgehead atoms. The number of ether oxygens (including phenoxy) is 1. The lowest BCUT2D eigenvalue weighted by molar-refractivity contribution is 0.302. The first kappa shape index (κ1) is 14.0. The van der Waals surface area contributed by atoms with Crippen LogP contribution in [0.2, 0.25) is 5.02 Å². The summed E-state index contributed by atoms with van der Waals surface area (Å²) >= 11 is 6.29. The fraction of sp³-hybridized carbons (Fsp3) is 0.235. The molecule has 4 heteroatoms. The molecule has 0 spiro atoms. The van der Waals surface area contributed by atoms with E-state index in [0.29, 0.717) is 17.4 Å². The monoisotopic (exact) mass is 300 g/mol. The van der Waals surface area contributed by atoms with E-state index in [9.17, 15) is 0 Å². The van der Waals surface area contributed by atoms with Crippen LogP contribution in [0, 0.1) is 6.92 Å². The normalized spacial score (nSPS) is 11.0. The molecule has 2 aromatic heterocycles. The Kier molecular flexibility index (Phi) is 3.84. The van der Waals surface area contributed by atoms with Crippen molar-refractivity contribution in [2.75, 3.05) is 0 Å². The molecular formula is C17H17ClN2O. The van der Waals surface area contributed by atoms with Crippen LogP contribution in [0.5, 0.6) is 5.75 Å². The molecule has 2 heterocycles. The van der Waals surface area contributed by atoms with E-state index < -0.39 is 0 Å². The Bertz CT molecular complexity index is 780. The second kappa shape index (κ2) is 5.78. The number of fused-ring (bicyclic) bond motifs is 1. The summed E-state index contributed by atoms with van der Waals surface area (Å²) in [5.41, 5.74) is 4.30. The van der Waals surface area contributed by atoms with Gasteiger partial charge in [-0.2, -0.15) is 0 Å². The zero-order chi connectivity index (χ0) is 14.8. The predicted octanol–water partition coefficient (Wildman–Crippen LogP) is 4.67. The molecule has 3 aromatic rings. The van der Waals surface area contributed by atoms with Gasteiger partial charge in [0.2, 0.25) is 0 Å². The molecule has 1 aromatic carbocycles. The molecular weight excluding hydrogens is 284 g/mol. The molecule has 0 unspecified atom stereocenters. The number of H-pyrrole nitrogens is 1. The lowest BCUT2D eigenvalue weighted by Crippen LogP contribution is -1.98. The van der Waals surface area contributed by atoms with Gasteiger partial charge >= 0.3 is 0 Å². The Morgan fingerprint density at radius 3 is 2.86 bits per heavy atom. The third-order valence-corrected chi connectivity index (χ3v) is 3.75. The molecule has 0 saturated heterocycles. The summed E-state index contributed by atoms with van der Waals surface area (Å²) in [6.45, 7) is 4.57. The van der Waals surface area contributed by atoms with Crippen LogP contribution in [0.25, 0.3) is 10.9 Å². The topological polar surface area (TPSA) is 37.9 Å². The summed E-state index contributed by atoms with van der Waals surface area (Å²) in [6.07, 6.45) is 2.76. The zero-order valence-corrected chi connectivity index (χ0v) is 12.9. The number of aromatic nitrogens is 2. The Morgan fingerprint density at radius 1 is 1.24 bits per heavy atom. The highest BCUT2D eigenvalue weighted by molar-refractivity contribution is 6.32. The highest BCUT2D eigenvalue weighted by Gasteiger charge is 2.08. The standard InChI is InChI=1S/C17H17ClN2O/c1-3-13-7-12-8-15(18)17(9-16(12)20-13)21-10-14-6-11(2)4-5-19-14/h4-9,20H,3,10H2,1-2H3. The van der Waals surface area contributed by atoms with Crippen molar-refractivity contribution in [1.29, 1.82) is 0 Å². The lowest BCUT2D eigenvalue weighted by Gasteiger charge is -2.08. The third-order valence-electron chi connectivity index (χ3n) is 3.46. The summed E-state index contributed by atoms with van der Waals surface area (Å²) in [5, 5.41) is 1.73. The van der Waals surface area contributed by atoms with Gasteiger partial charge in [-0.05, 0) is 43.2 Å². The van der Waals surface area contributed by atoms with E-state index in [1.807, 2.05) is 31.2 Å². The van der Waals surface area contributed by atoms with Crippen LogP contribution < -0.4 is 4.74 Å². The fourth-order valence-corrected chi connectivity index (χ4v) is 2.55. The minimum absolute atomic E-state index is 0.411. The zero-order valence-electron chi connectivity index (χ0n) is 12.1. The average molecular weight is 301 g/mol. The van der Waals surface area contributed by atoms with Gasteiger partial charge in [-0.25, -0.2) is 0 Å². The molecule has 0 aliphatic rings. The number of nitrogens with zero attached hydrogens (tertiary/aromatic N) is 1. The Labute approximate surface area is 128 Å². The smallest absolute Gasteiger partial charge is 0.140 e. The second-order valence-electron chi connectivity index (χ2n) is 5.13. The predicted molar refractivity (Wildman–Crippen MR) is 86.0 cm³/mol. The van der Waals surface area contributed by atoms with Gasteiger partial charge in [0.1, 0.15) is 12.4 Å². The van der Waals surface area contributed by atoms with Gasteiger partial charge in [0, 0.05) is 28.9 Å². The first-order valence-corrected chi connectivity index (χ1v) is 7.39. The van der Waals surface area contributed by atoms with Crippen molar-refractivity contribution in [3.8, 4) is 5.75 Å². The van der Waals surface area contributed by atoms with Crippen molar-refractivity contribution in [2.45, 2.75) is 26.9 Å². The molecule has 3 nitrogen and oxygen atoms in total. The number of rotatable bonds is 4. The van der Waals surface area contributed by atoms with Gasteiger partial charge in [-0.15, -0.1) is 0 Å². The van der Waals surface area contributed by atoms with Crippen molar-refractivity contribution in [3.63, 3.8) is 0 Å². The highest BCUT2D eigenvalue weighted by Crippen LogP contribution is 2.31. The number of benzene rings is 1. The first-order chi connectivity index (χ1) is 10.2. The summed E-state index contributed by atoms with van der Waals surface area (Å²) in [4.78, 5) is 7.65. The second-order valence-corrected chi connectivity index (χ2v) is 5.54. The summed E-state index contributed by atoms with van der Waals surface area (Å²) in [5.74, 6) is 0.678. The number of hydrogen-bond acceptors (Lipinski definition) is 2. The average Bonchev–Trinajstić information content (AvgIpc) is 2.86. The fourth-order valence-electron chi connectivity index (χ4n) is 2.32. The van der Waals surface area contributed by atoms with Crippen LogP contribution in [0.3, 0.4) is 0 Å². The largest absolute Gasteiger partial charge is 0.486 e. The number of aromatic amines is 1. The first-order valence-electron chi connectivity index (χ1n) is 7.01. The van der Waals surface area contributed by atoms with Crippen molar-refractivity contribution in [3.05, 3.63) is 58.5 Å². The molecule has 0 radical (unpaired) electrons. The Hall–Kier alpha value is -2.00. The number of pyridine rings is 1. The third kappa shape index (κ3) is 3.03. The van der Waals surface area contributed by atoms with E-state index in [1.54, 1.807) is 6.20 Å². The van der Waals surface area contributed by atoms with Gasteiger partial charge in [0.05, 0.1) is 10.7 Å². The van der Waals surface area contributed by atoms with Crippen molar-refractivity contribution >= 4 is 22.5 Å². The van der Waals surface area contributed by atoms with E-state index in [4.69, 9.17) is 16.3 Å². The van der Waals surface area contributed by atoms with Gasteiger partial charge in [0.15, 0.2) is 0 Å². The number of hydrogen-bond donors (Lipinski definition) is 1. The maximum atomic E-state index is 6.29. The number of aryl methyl sites for hydroxylation is 2. The molecule has 0 fully saturated rings. The van der Waals surface area contributed by atoms with E-state index in [-0.39, 0.29) is 0 Å². The van der Waals surface area contributed by atoms with Crippen LogP contribution in [-0.2, 0) is 13.0 Å². The molecule has 3 rings (SSSR count). The maximum Gasteiger partial charge on any atom is 0.140 e. The lowest BCUT2D eigenvalue weighted by atomic mass is 10.2. The summed E-state index contributed by atoms with van der Waals surface area (Å²) in [6, 6.07) is 9.98. The van der Waals surface area contributed by atoms with Crippen LogP contribution >= 0.6 is 11.6 Å². The molecule has 0 atom stereocenters. The van der Waals surface area contributed by atoms with E-state index in [1.165, 1.54) is 11.3 Å². The number of nitrogens with one attached hydrogen (secondary N) is 1. The van der Waals surface area contributed by atoms with Crippen LogP contribution in [0.15, 0.2) is 36.5 Å². The van der Waals surface area contributed by atoms with Gasteiger partial charge in [-0.1, -0.05) is 18.5 Å². The van der Waals surface area contributed by atoms with Gasteiger partial charge in [0.25, 0.3) is 0 Å². The van der Waals surface area contributed by atoms with Crippen LogP contribution in [0.1, 0.15) is 23.9 Å². The van der Waals surface area contributed by atoms with Gasteiger partial charge in [-0.3, -0.25) is 4.98 Å². The van der Waals surface area contributed by atoms with E-state index in [2.05, 4.69) is 23.0 Å². The minimum atomic E-state index is 0.411. The van der Waals surface area contributed by atoms with Crippen molar-refractivity contribution in [2.24, 2.45) is 0 Å². The SMILES string of the molecule is CCc1cc2cc(Cl)c(OCc3cc(C)ccn3)cc2[nH]1. The van der Waals surface area contributed by atoms with Crippen molar-refractivity contribution < 1.29 is 4.74 Å². The summed E-state index contributed by atoms with van der Waals surface area (Å²) in [7, 11) is 0. The van der Waals surface area contributed by atoms with Gasteiger partial charge < -0.3 is 9.72 Å². The molecule has 0 aliphatic heterocycles. The Balaban J connectivity index is 1.84. The number of halogens is 1. The quantitative estimate of drug-likeness (QED) is 0.760. The molecule has 0 aliphatic carbocycles. The molecule has 1 N–H and O–H groups in total. The molecule has 108 valence electrons. The Morgan fingerprint density at radius 2 is 2.10 bits per heavy atom. The van der Waals surface area contributed by atoms with Crippen molar-refractivity contribution in [1.82, 2.24) is 9.97 Å². The molecule has 0 saturated carbocycles. The highest BCUT2D eigenvalue weighted by atomic mass is 35.5.